The minimum atomic E-state index is -0.539. The van der Waals surface area contributed by atoms with Crippen LogP contribution in [0.25, 0.3) is 11.0 Å². The van der Waals surface area contributed by atoms with Gasteiger partial charge in [-0.05, 0) is 11.6 Å². The van der Waals surface area contributed by atoms with Gasteiger partial charge in [-0.25, -0.2) is 9.37 Å². The van der Waals surface area contributed by atoms with Crippen molar-refractivity contribution in [3.8, 4) is 0 Å². The summed E-state index contributed by atoms with van der Waals surface area (Å²) in [5.74, 6) is -0.539. The van der Waals surface area contributed by atoms with Gasteiger partial charge in [0.1, 0.15) is 11.5 Å². The van der Waals surface area contributed by atoms with Crippen molar-refractivity contribution in [3.05, 3.63) is 69.9 Å². The molecule has 5 heteroatoms. The Bertz CT molecular complexity index is 828. The van der Waals surface area contributed by atoms with Crippen LogP contribution in [0.1, 0.15) is 11.3 Å². The van der Waals surface area contributed by atoms with Crippen LogP contribution in [0.4, 0.5) is 10.1 Å². The first-order chi connectivity index (χ1) is 9.63. The maximum atomic E-state index is 13.5. The number of nitrogens with two attached hydrogens (primary N) is 1. The maximum absolute atomic E-state index is 13.5. The Morgan fingerprint density at radius 1 is 1.20 bits per heavy atom. The van der Waals surface area contributed by atoms with E-state index in [4.69, 9.17) is 5.73 Å². The number of nitrogens with one attached hydrogen (secondary N) is 1. The summed E-state index contributed by atoms with van der Waals surface area (Å²) in [7, 11) is 0. The molecule has 100 valence electrons. The summed E-state index contributed by atoms with van der Waals surface area (Å²) in [5, 5.41) is 0. The molecule has 0 bridgehead atoms. The van der Waals surface area contributed by atoms with Crippen LogP contribution < -0.4 is 11.3 Å². The van der Waals surface area contributed by atoms with E-state index in [0.29, 0.717) is 23.1 Å². The van der Waals surface area contributed by atoms with Gasteiger partial charge in [0.2, 0.25) is 0 Å². The number of benzene rings is 2. The smallest absolute Gasteiger partial charge is 0.270 e. The van der Waals surface area contributed by atoms with Crippen LogP contribution in [0.2, 0.25) is 0 Å². The highest BCUT2D eigenvalue weighted by Gasteiger charge is 2.08. The molecule has 0 atom stereocenters. The van der Waals surface area contributed by atoms with E-state index in [9.17, 15) is 9.18 Å². The molecule has 4 nitrogen and oxygen atoms in total. The van der Waals surface area contributed by atoms with Gasteiger partial charge in [-0.1, -0.05) is 30.3 Å². The summed E-state index contributed by atoms with van der Waals surface area (Å²) in [4.78, 5) is 18.9. The molecular weight excluding hydrogens is 257 g/mol. The Kier molecular flexibility index (Phi) is 2.95. The Hall–Kier alpha value is -2.69. The van der Waals surface area contributed by atoms with Crippen molar-refractivity contribution in [3.63, 3.8) is 0 Å². The fraction of sp³-hybridized carbons (Fsp3) is 0.0667. The monoisotopic (exact) mass is 269 g/mol. The summed E-state index contributed by atoms with van der Waals surface area (Å²) in [6.45, 7) is 0. The molecule has 1 heterocycles. The molecular formula is C15H12FN3O. The highest BCUT2D eigenvalue weighted by molar-refractivity contribution is 5.78. The average molecular weight is 269 g/mol. The zero-order chi connectivity index (χ0) is 14.1. The van der Waals surface area contributed by atoms with E-state index in [-0.39, 0.29) is 11.2 Å². The lowest BCUT2D eigenvalue weighted by Gasteiger charge is -2.04. The van der Waals surface area contributed by atoms with Crippen LogP contribution >= 0.6 is 0 Å². The largest absolute Gasteiger partial charge is 0.396 e. The average Bonchev–Trinajstić information content (AvgIpc) is 2.43. The number of nitrogen functional groups attached to an aromatic ring is 1. The number of rotatable bonds is 2. The summed E-state index contributed by atoms with van der Waals surface area (Å²) >= 11 is 0. The fourth-order valence-electron chi connectivity index (χ4n) is 2.07. The van der Waals surface area contributed by atoms with Gasteiger partial charge in [-0.2, -0.15) is 0 Å². The number of aromatic nitrogens is 2. The lowest BCUT2D eigenvalue weighted by molar-refractivity contribution is 0.633. The van der Waals surface area contributed by atoms with E-state index in [1.54, 1.807) is 0 Å². The lowest BCUT2D eigenvalue weighted by atomic mass is 10.1. The van der Waals surface area contributed by atoms with Crippen molar-refractivity contribution in [2.75, 3.05) is 5.73 Å². The van der Waals surface area contributed by atoms with E-state index in [1.807, 2.05) is 30.3 Å². The molecule has 0 radical (unpaired) electrons. The maximum Gasteiger partial charge on any atom is 0.270 e. The summed E-state index contributed by atoms with van der Waals surface area (Å²) < 4.78 is 13.5. The van der Waals surface area contributed by atoms with E-state index in [1.165, 1.54) is 12.1 Å². The van der Waals surface area contributed by atoms with Crippen molar-refractivity contribution in [2.24, 2.45) is 0 Å². The molecule has 2 aromatic carbocycles. The molecule has 0 aliphatic rings. The molecule has 0 saturated heterocycles. The van der Waals surface area contributed by atoms with Crippen molar-refractivity contribution in [1.29, 1.82) is 0 Å². The van der Waals surface area contributed by atoms with Crippen LogP contribution in [0, 0.1) is 5.82 Å². The number of aromatic amines is 1. The minimum absolute atomic E-state index is 0.00856. The first-order valence-corrected chi connectivity index (χ1v) is 6.15. The molecule has 0 spiro atoms. The SMILES string of the molecule is Nc1cc2[nH]c(=O)c(Cc3ccccc3)nc2cc1F. The third kappa shape index (κ3) is 2.25. The van der Waals surface area contributed by atoms with Gasteiger partial charge in [0.05, 0.1) is 16.7 Å². The first kappa shape index (κ1) is 12.3. The zero-order valence-electron chi connectivity index (χ0n) is 10.6. The zero-order valence-corrected chi connectivity index (χ0v) is 10.6. The van der Waals surface area contributed by atoms with Crippen molar-refractivity contribution >= 4 is 16.7 Å². The van der Waals surface area contributed by atoms with Gasteiger partial charge in [-0.15, -0.1) is 0 Å². The summed E-state index contributed by atoms with van der Waals surface area (Å²) in [6.07, 6.45) is 0.401. The normalized spacial score (nSPS) is 10.8. The topological polar surface area (TPSA) is 71.8 Å². The second-order valence-electron chi connectivity index (χ2n) is 4.57. The van der Waals surface area contributed by atoms with Crippen LogP contribution in [-0.2, 0) is 6.42 Å². The summed E-state index contributed by atoms with van der Waals surface area (Å²) in [6, 6.07) is 12.1. The van der Waals surface area contributed by atoms with Crippen LogP contribution in [0.5, 0.6) is 0 Å². The Morgan fingerprint density at radius 2 is 1.95 bits per heavy atom. The molecule has 0 saturated carbocycles. The molecule has 1 aromatic heterocycles. The quantitative estimate of drug-likeness (QED) is 0.701. The molecule has 0 fully saturated rings. The van der Waals surface area contributed by atoms with E-state index in [0.717, 1.165) is 5.56 Å². The number of nitrogens with zero attached hydrogens (tertiary/aromatic N) is 1. The number of anilines is 1. The third-order valence-electron chi connectivity index (χ3n) is 3.10. The fourth-order valence-corrected chi connectivity index (χ4v) is 2.07. The first-order valence-electron chi connectivity index (χ1n) is 6.15. The van der Waals surface area contributed by atoms with E-state index in [2.05, 4.69) is 9.97 Å². The number of halogens is 1. The van der Waals surface area contributed by atoms with Crippen LogP contribution in [-0.4, -0.2) is 9.97 Å². The van der Waals surface area contributed by atoms with E-state index < -0.39 is 5.82 Å². The van der Waals surface area contributed by atoms with Gasteiger partial charge in [0.15, 0.2) is 0 Å². The van der Waals surface area contributed by atoms with Gasteiger partial charge in [0, 0.05) is 12.5 Å². The van der Waals surface area contributed by atoms with Crippen LogP contribution in [0.15, 0.2) is 47.3 Å². The van der Waals surface area contributed by atoms with Crippen molar-refractivity contribution in [1.82, 2.24) is 9.97 Å². The van der Waals surface area contributed by atoms with Gasteiger partial charge in [-0.3, -0.25) is 4.79 Å². The molecule has 3 aromatic rings. The van der Waals surface area contributed by atoms with Crippen LogP contribution in [0.3, 0.4) is 0 Å². The Balaban J connectivity index is 2.10. The molecule has 3 rings (SSSR count). The van der Waals surface area contributed by atoms with Gasteiger partial charge < -0.3 is 10.7 Å². The highest BCUT2D eigenvalue weighted by Crippen LogP contribution is 2.17. The molecule has 0 amide bonds. The Morgan fingerprint density at radius 3 is 2.70 bits per heavy atom. The van der Waals surface area contributed by atoms with Crippen molar-refractivity contribution < 1.29 is 4.39 Å². The molecule has 0 aliphatic carbocycles. The standard InChI is InChI=1S/C15H12FN3O/c16-10-7-12-13(8-11(10)17)19-15(20)14(18-12)6-9-4-2-1-3-5-9/h1-5,7-8H,6,17H2,(H,19,20). The van der Waals surface area contributed by atoms with E-state index >= 15 is 0 Å². The lowest BCUT2D eigenvalue weighted by Crippen LogP contribution is -2.15. The molecule has 0 unspecified atom stereocenters. The number of H-pyrrole nitrogens is 1. The predicted octanol–water partition coefficient (Wildman–Crippen LogP) is 2.24. The van der Waals surface area contributed by atoms with Gasteiger partial charge in [0.25, 0.3) is 5.56 Å². The third-order valence-corrected chi connectivity index (χ3v) is 3.10. The second kappa shape index (κ2) is 4.77. The minimum Gasteiger partial charge on any atom is -0.396 e. The second-order valence-corrected chi connectivity index (χ2v) is 4.57. The predicted molar refractivity (Wildman–Crippen MR) is 76.0 cm³/mol. The number of hydrogen-bond donors (Lipinski definition) is 2. The Labute approximate surface area is 114 Å². The van der Waals surface area contributed by atoms with Crippen molar-refractivity contribution in [2.45, 2.75) is 6.42 Å². The summed E-state index contributed by atoms with van der Waals surface area (Å²) in [5.41, 5.74) is 7.33. The number of fused-ring (bicyclic) bond motifs is 1. The molecule has 20 heavy (non-hydrogen) atoms. The molecule has 0 aliphatic heterocycles. The molecule has 3 N–H and O–H groups in total. The number of hydrogen-bond acceptors (Lipinski definition) is 3. The van der Waals surface area contributed by atoms with Gasteiger partial charge >= 0.3 is 0 Å². The highest BCUT2D eigenvalue weighted by atomic mass is 19.1.